The Morgan fingerprint density at radius 1 is 1.50 bits per heavy atom. The summed E-state index contributed by atoms with van der Waals surface area (Å²) in [6.07, 6.45) is 1.49. The quantitative estimate of drug-likeness (QED) is 0.440. The largest absolute Gasteiger partial charge is 0.391 e. The molecule has 0 aliphatic rings. The molecule has 0 unspecified atom stereocenters. The molecule has 76 valence electrons. The van der Waals surface area contributed by atoms with E-state index in [1.807, 2.05) is 0 Å². The van der Waals surface area contributed by atoms with Crippen LogP contribution in [-0.2, 0) is 9.78 Å². The SMILES string of the molecule is CC(C)(Cl)OOC(=O)c1ccccn1. The van der Waals surface area contributed by atoms with Crippen LogP contribution in [0.2, 0.25) is 0 Å². The number of nitrogens with zero attached hydrogens (tertiary/aromatic N) is 1. The minimum Gasteiger partial charge on any atom is -0.289 e. The molecule has 0 atom stereocenters. The zero-order chi connectivity index (χ0) is 10.6. The van der Waals surface area contributed by atoms with Crippen LogP contribution in [0.1, 0.15) is 24.3 Å². The van der Waals surface area contributed by atoms with Crippen LogP contribution >= 0.6 is 11.6 Å². The fourth-order valence-corrected chi connectivity index (χ4v) is 0.695. The van der Waals surface area contributed by atoms with Gasteiger partial charge < -0.3 is 0 Å². The minimum atomic E-state index is -1.04. The van der Waals surface area contributed by atoms with E-state index in [0.29, 0.717) is 0 Å². The van der Waals surface area contributed by atoms with Crippen LogP contribution in [0, 0.1) is 0 Å². The number of rotatable bonds is 3. The molecule has 0 spiro atoms. The third-order valence-corrected chi connectivity index (χ3v) is 1.25. The van der Waals surface area contributed by atoms with Crippen LogP contribution in [0.15, 0.2) is 24.4 Å². The van der Waals surface area contributed by atoms with Crippen molar-refractivity contribution in [2.24, 2.45) is 0 Å². The van der Waals surface area contributed by atoms with Crippen molar-refractivity contribution < 1.29 is 14.6 Å². The number of hydrogen-bond donors (Lipinski definition) is 0. The van der Waals surface area contributed by atoms with Gasteiger partial charge in [0.25, 0.3) is 0 Å². The molecule has 0 saturated carbocycles. The van der Waals surface area contributed by atoms with E-state index in [9.17, 15) is 4.79 Å². The molecule has 0 aliphatic heterocycles. The van der Waals surface area contributed by atoms with Crippen molar-refractivity contribution in [3.8, 4) is 0 Å². The first-order valence-corrected chi connectivity index (χ1v) is 4.37. The van der Waals surface area contributed by atoms with E-state index in [4.69, 9.17) is 11.6 Å². The smallest absolute Gasteiger partial charge is 0.289 e. The molecule has 14 heavy (non-hydrogen) atoms. The molecule has 0 N–H and O–H groups in total. The third-order valence-electron chi connectivity index (χ3n) is 1.19. The second kappa shape index (κ2) is 4.39. The molecule has 0 bridgehead atoms. The molecule has 1 heterocycles. The van der Waals surface area contributed by atoms with E-state index < -0.39 is 11.0 Å². The lowest BCUT2D eigenvalue weighted by atomic mass is 10.4. The maximum Gasteiger partial charge on any atom is 0.391 e. The Hall–Kier alpha value is -1.13. The van der Waals surface area contributed by atoms with Crippen LogP contribution in [0.25, 0.3) is 0 Å². The summed E-state index contributed by atoms with van der Waals surface area (Å²) in [6, 6.07) is 4.89. The van der Waals surface area contributed by atoms with E-state index in [1.165, 1.54) is 12.3 Å². The van der Waals surface area contributed by atoms with Gasteiger partial charge in [-0.05, 0) is 26.0 Å². The van der Waals surface area contributed by atoms with Crippen molar-refractivity contribution in [1.82, 2.24) is 4.98 Å². The van der Waals surface area contributed by atoms with E-state index >= 15 is 0 Å². The zero-order valence-corrected chi connectivity index (χ0v) is 8.62. The highest BCUT2D eigenvalue weighted by Crippen LogP contribution is 2.15. The summed E-state index contributed by atoms with van der Waals surface area (Å²) in [4.78, 5) is 24.1. The topological polar surface area (TPSA) is 48.4 Å². The van der Waals surface area contributed by atoms with Crippen molar-refractivity contribution in [2.75, 3.05) is 0 Å². The lowest BCUT2D eigenvalue weighted by Gasteiger charge is -2.13. The number of halogens is 1. The average Bonchev–Trinajstić information content (AvgIpc) is 2.14. The first kappa shape index (κ1) is 10.9. The average molecular weight is 216 g/mol. The summed E-state index contributed by atoms with van der Waals surface area (Å²) in [5.41, 5.74) is 0.174. The molecule has 5 heteroatoms. The molecular weight excluding hydrogens is 206 g/mol. The van der Waals surface area contributed by atoms with Gasteiger partial charge in [-0.3, -0.25) is 4.89 Å². The number of pyridine rings is 1. The summed E-state index contributed by atoms with van der Waals surface area (Å²) in [6.45, 7) is 3.11. The van der Waals surface area contributed by atoms with Crippen molar-refractivity contribution in [3.63, 3.8) is 0 Å². The molecule has 1 rings (SSSR count). The highest BCUT2D eigenvalue weighted by molar-refractivity contribution is 6.22. The zero-order valence-electron chi connectivity index (χ0n) is 7.86. The van der Waals surface area contributed by atoms with Crippen molar-refractivity contribution in [3.05, 3.63) is 30.1 Å². The van der Waals surface area contributed by atoms with Crippen molar-refractivity contribution in [1.29, 1.82) is 0 Å². The lowest BCUT2D eigenvalue weighted by molar-refractivity contribution is -0.280. The lowest BCUT2D eigenvalue weighted by Crippen LogP contribution is -2.19. The van der Waals surface area contributed by atoms with Crippen molar-refractivity contribution >= 4 is 17.6 Å². The molecule has 0 saturated heterocycles. The molecule has 4 nitrogen and oxygen atoms in total. The molecule has 0 fully saturated rings. The van der Waals surface area contributed by atoms with Gasteiger partial charge in [0, 0.05) is 6.20 Å². The van der Waals surface area contributed by atoms with Gasteiger partial charge in [0.05, 0.1) is 0 Å². The minimum absolute atomic E-state index is 0.174. The highest BCUT2D eigenvalue weighted by atomic mass is 35.5. The molecular formula is C9H10ClNO3. The number of carbonyl (C=O) groups is 1. The summed E-state index contributed by atoms with van der Waals surface area (Å²) in [5.74, 6) is -0.667. The number of carbonyl (C=O) groups excluding carboxylic acids is 1. The Bertz CT molecular complexity index is 308. The van der Waals surface area contributed by atoms with Gasteiger partial charge in [-0.1, -0.05) is 17.7 Å². The highest BCUT2D eigenvalue weighted by Gasteiger charge is 2.19. The van der Waals surface area contributed by atoms with Gasteiger partial charge in [-0.15, -0.1) is 0 Å². The van der Waals surface area contributed by atoms with Crippen LogP contribution in [0.3, 0.4) is 0 Å². The third kappa shape index (κ3) is 3.72. The maximum atomic E-state index is 11.2. The van der Waals surface area contributed by atoms with Gasteiger partial charge in [-0.25, -0.2) is 9.78 Å². The number of alkyl halides is 1. The monoisotopic (exact) mass is 215 g/mol. The summed E-state index contributed by atoms with van der Waals surface area (Å²) in [7, 11) is 0. The second-order valence-corrected chi connectivity index (χ2v) is 3.94. The van der Waals surface area contributed by atoms with Gasteiger partial charge in [-0.2, -0.15) is 4.89 Å². The first-order valence-electron chi connectivity index (χ1n) is 3.99. The Kier molecular flexibility index (Phi) is 3.43. The predicted molar refractivity (Wildman–Crippen MR) is 50.7 cm³/mol. The van der Waals surface area contributed by atoms with E-state index in [2.05, 4.69) is 14.8 Å². The molecule has 0 amide bonds. The van der Waals surface area contributed by atoms with Gasteiger partial charge in [0.15, 0.2) is 10.8 Å². The normalized spacial score (nSPS) is 11.1. The summed E-state index contributed by atoms with van der Waals surface area (Å²) < 4.78 is 0. The fourth-order valence-electron chi connectivity index (χ4n) is 0.663. The van der Waals surface area contributed by atoms with Crippen LogP contribution < -0.4 is 0 Å². The first-order chi connectivity index (χ1) is 6.49. The number of aromatic nitrogens is 1. The Morgan fingerprint density at radius 3 is 2.71 bits per heavy atom. The molecule has 1 aromatic rings. The molecule has 0 aliphatic carbocycles. The van der Waals surface area contributed by atoms with E-state index in [0.717, 1.165) is 0 Å². The maximum absolute atomic E-state index is 11.2. The van der Waals surface area contributed by atoms with Crippen LogP contribution in [0.4, 0.5) is 0 Å². The Balaban J connectivity index is 2.52. The molecule has 0 radical (unpaired) electrons. The number of hydrogen-bond acceptors (Lipinski definition) is 4. The second-order valence-electron chi connectivity index (χ2n) is 3.03. The van der Waals surface area contributed by atoms with E-state index in [1.54, 1.807) is 26.0 Å². The molecule has 0 aromatic carbocycles. The van der Waals surface area contributed by atoms with Gasteiger partial charge in [0.2, 0.25) is 0 Å². The molecule has 1 aromatic heterocycles. The van der Waals surface area contributed by atoms with Gasteiger partial charge >= 0.3 is 5.97 Å². The van der Waals surface area contributed by atoms with Gasteiger partial charge in [0.1, 0.15) is 0 Å². The summed E-state index contributed by atoms with van der Waals surface area (Å²) >= 11 is 5.64. The van der Waals surface area contributed by atoms with Crippen molar-refractivity contribution in [2.45, 2.75) is 18.9 Å². The predicted octanol–water partition coefficient (Wildman–Crippen LogP) is 2.14. The fraction of sp³-hybridized carbons (Fsp3) is 0.333. The standard InChI is InChI=1S/C9H10ClNO3/c1-9(2,10)14-13-8(12)7-5-3-4-6-11-7/h3-6H,1-2H3. The van der Waals surface area contributed by atoms with Crippen LogP contribution in [-0.4, -0.2) is 16.0 Å². The Labute approximate surface area is 86.7 Å². The van der Waals surface area contributed by atoms with E-state index in [-0.39, 0.29) is 5.69 Å². The Morgan fingerprint density at radius 2 is 2.21 bits per heavy atom. The summed E-state index contributed by atoms with van der Waals surface area (Å²) in [5, 5.41) is -1.04. The van der Waals surface area contributed by atoms with Crippen LogP contribution in [0.5, 0.6) is 0 Å².